The molecule has 0 spiro atoms. The van der Waals surface area contributed by atoms with Crippen LogP contribution in [0.3, 0.4) is 0 Å². The van der Waals surface area contributed by atoms with Gasteiger partial charge in [0.2, 0.25) is 10.0 Å². The number of carbonyl (C=O) groups is 1. The number of hydrogen-bond donors (Lipinski definition) is 3. The molecule has 1 rings (SSSR count). The Morgan fingerprint density at radius 3 is 2.58 bits per heavy atom. The molecule has 0 amide bonds. The molecular weight excluding hydrogens is 270 g/mol. The van der Waals surface area contributed by atoms with E-state index in [0.717, 1.165) is 0 Å². The van der Waals surface area contributed by atoms with Gasteiger partial charge in [0.1, 0.15) is 10.6 Å². The van der Waals surface area contributed by atoms with E-state index in [0.29, 0.717) is 26.1 Å². The average Bonchev–Trinajstić information content (AvgIpc) is 2.79. The highest BCUT2D eigenvalue weighted by molar-refractivity contribution is 7.89. The van der Waals surface area contributed by atoms with Crippen LogP contribution < -0.4 is 10.0 Å². The predicted molar refractivity (Wildman–Crippen MR) is 70.8 cm³/mol. The SMILES string of the molecule is CCn1cc(S(=O)(=O)NCCCNC)cc1C(=O)O. The number of hydrogen-bond acceptors (Lipinski definition) is 4. The third-order valence-electron chi connectivity index (χ3n) is 2.64. The van der Waals surface area contributed by atoms with Gasteiger partial charge in [-0.25, -0.2) is 17.9 Å². The maximum atomic E-state index is 12.0. The second kappa shape index (κ2) is 6.69. The van der Waals surface area contributed by atoms with Gasteiger partial charge in [-0.3, -0.25) is 0 Å². The predicted octanol–water partition coefficient (Wildman–Crippen LogP) is 0.0940. The summed E-state index contributed by atoms with van der Waals surface area (Å²) in [7, 11) is -1.86. The highest BCUT2D eigenvalue weighted by Crippen LogP contribution is 2.14. The molecule has 3 N–H and O–H groups in total. The van der Waals surface area contributed by atoms with Crippen molar-refractivity contribution in [1.82, 2.24) is 14.6 Å². The van der Waals surface area contributed by atoms with Gasteiger partial charge < -0.3 is 15.0 Å². The first-order valence-electron chi connectivity index (χ1n) is 6.00. The van der Waals surface area contributed by atoms with Gasteiger partial charge in [0.25, 0.3) is 0 Å². The summed E-state index contributed by atoms with van der Waals surface area (Å²) < 4.78 is 27.8. The fraction of sp³-hybridized carbons (Fsp3) is 0.545. The molecular formula is C11H19N3O4S. The number of carboxylic acid groups (broad SMARTS) is 1. The summed E-state index contributed by atoms with van der Waals surface area (Å²) in [5.74, 6) is -1.14. The summed E-state index contributed by atoms with van der Waals surface area (Å²) in [6.45, 7) is 3.17. The molecule has 0 saturated carbocycles. The number of aromatic carboxylic acids is 1. The molecule has 7 nitrogen and oxygen atoms in total. The zero-order valence-electron chi connectivity index (χ0n) is 11.0. The summed E-state index contributed by atoms with van der Waals surface area (Å²) in [4.78, 5) is 11.0. The topological polar surface area (TPSA) is 100 Å². The first-order chi connectivity index (χ1) is 8.92. The van der Waals surface area contributed by atoms with E-state index in [2.05, 4.69) is 10.0 Å². The molecule has 0 aliphatic carbocycles. The van der Waals surface area contributed by atoms with Crippen LogP contribution in [0.5, 0.6) is 0 Å². The number of carboxylic acids is 1. The van der Waals surface area contributed by atoms with Crippen LogP contribution in [0.2, 0.25) is 0 Å². The van der Waals surface area contributed by atoms with E-state index in [4.69, 9.17) is 5.11 Å². The third kappa shape index (κ3) is 4.05. The summed E-state index contributed by atoms with van der Waals surface area (Å²) in [6.07, 6.45) is 2.00. The van der Waals surface area contributed by atoms with E-state index in [9.17, 15) is 13.2 Å². The molecule has 0 fully saturated rings. The van der Waals surface area contributed by atoms with Crippen molar-refractivity contribution in [2.75, 3.05) is 20.1 Å². The van der Waals surface area contributed by atoms with E-state index in [1.165, 1.54) is 16.8 Å². The van der Waals surface area contributed by atoms with Crippen LogP contribution in [-0.4, -0.2) is 44.2 Å². The Morgan fingerprint density at radius 1 is 1.42 bits per heavy atom. The van der Waals surface area contributed by atoms with Crippen LogP contribution in [0.25, 0.3) is 0 Å². The van der Waals surface area contributed by atoms with Crippen LogP contribution >= 0.6 is 0 Å². The number of rotatable bonds is 8. The molecule has 108 valence electrons. The smallest absolute Gasteiger partial charge is 0.352 e. The fourth-order valence-corrected chi connectivity index (χ4v) is 2.74. The molecule has 0 radical (unpaired) electrons. The van der Waals surface area contributed by atoms with E-state index in [1.54, 1.807) is 14.0 Å². The Kier molecular flexibility index (Phi) is 5.52. The minimum absolute atomic E-state index is 0.0174. The van der Waals surface area contributed by atoms with Crippen molar-refractivity contribution in [2.45, 2.75) is 24.8 Å². The van der Waals surface area contributed by atoms with E-state index >= 15 is 0 Å². The fourth-order valence-electron chi connectivity index (χ4n) is 1.63. The molecule has 0 aliphatic rings. The minimum atomic E-state index is -3.65. The van der Waals surface area contributed by atoms with Gasteiger partial charge in [0.15, 0.2) is 0 Å². The highest BCUT2D eigenvalue weighted by atomic mass is 32.2. The maximum Gasteiger partial charge on any atom is 0.352 e. The monoisotopic (exact) mass is 289 g/mol. The van der Waals surface area contributed by atoms with Gasteiger partial charge in [0.05, 0.1) is 0 Å². The van der Waals surface area contributed by atoms with Gasteiger partial charge in [-0.1, -0.05) is 0 Å². The molecule has 1 aromatic heterocycles. The molecule has 0 saturated heterocycles. The number of aromatic nitrogens is 1. The number of sulfonamides is 1. The van der Waals surface area contributed by atoms with Crippen LogP contribution in [-0.2, 0) is 16.6 Å². The lowest BCUT2D eigenvalue weighted by Gasteiger charge is -2.04. The van der Waals surface area contributed by atoms with Gasteiger partial charge in [0, 0.05) is 19.3 Å². The first kappa shape index (κ1) is 15.7. The third-order valence-corrected chi connectivity index (χ3v) is 4.07. The molecule has 19 heavy (non-hydrogen) atoms. The average molecular weight is 289 g/mol. The Morgan fingerprint density at radius 2 is 2.11 bits per heavy atom. The summed E-state index contributed by atoms with van der Waals surface area (Å²) >= 11 is 0. The zero-order chi connectivity index (χ0) is 14.5. The van der Waals surface area contributed by atoms with Gasteiger partial charge in [-0.2, -0.15) is 0 Å². The lowest BCUT2D eigenvalue weighted by molar-refractivity contribution is 0.0685. The molecule has 1 aromatic rings. The zero-order valence-corrected chi connectivity index (χ0v) is 11.8. The standard InChI is InChI=1S/C11H19N3O4S/c1-3-14-8-9(7-10(14)11(15)16)19(17,18)13-6-4-5-12-2/h7-8,12-13H,3-6H2,1-2H3,(H,15,16). The van der Waals surface area contributed by atoms with Crippen LogP contribution in [0.4, 0.5) is 0 Å². The van der Waals surface area contributed by atoms with Crippen molar-refractivity contribution < 1.29 is 18.3 Å². The molecule has 0 aliphatic heterocycles. The quantitative estimate of drug-likeness (QED) is 0.589. The number of nitrogens with zero attached hydrogens (tertiary/aromatic N) is 1. The minimum Gasteiger partial charge on any atom is -0.477 e. The number of aryl methyl sites for hydroxylation is 1. The molecule has 0 atom stereocenters. The van der Waals surface area contributed by atoms with Crippen molar-refractivity contribution >= 4 is 16.0 Å². The van der Waals surface area contributed by atoms with Crippen LogP contribution in [0.15, 0.2) is 17.2 Å². The molecule has 0 unspecified atom stereocenters. The lowest BCUT2D eigenvalue weighted by atomic mass is 10.4. The Hall–Kier alpha value is -1.38. The second-order valence-corrected chi connectivity index (χ2v) is 5.77. The number of nitrogens with one attached hydrogen (secondary N) is 2. The van der Waals surface area contributed by atoms with Gasteiger partial charge in [-0.05, 0) is 33.0 Å². The molecule has 0 aromatic carbocycles. The van der Waals surface area contributed by atoms with Gasteiger partial charge in [-0.15, -0.1) is 0 Å². The summed E-state index contributed by atoms with van der Waals surface area (Å²) in [5.41, 5.74) is -0.0295. The lowest BCUT2D eigenvalue weighted by Crippen LogP contribution is -2.26. The van der Waals surface area contributed by atoms with E-state index in [-0.39, 0.29) is 10.6 Å². The van der Waals surface area contributed by atoms with Crippen molar-refractivity contribution in [1.29, 1.82) is 0 Å². The van der Waals surface area contributed by atoms with Crippen molar-refractivity contribution in [3.63, 3.8) is 0 Å². The first-order valence-corrected chi connectivity index (χ1v) is 7.48. The Bertz CT molecular complexity index is 536. The molecule has 8 heteroatoms. The van der Waals surface area contributed by atoms with Gasteiger partial charge >= 0.3 is 5.97 Å². The molecule has 1 heterocycles. The Labute approximate surface area is 112 Å². The maximum absolute atomic E-state index is 12.0. The normalized spacial score (nSPS) is 11.7. The van der Waals surface area contributed by atoms with E-state index < -0.39 is 16.0 Å². The van der Waals surface area contributed by atoms with Crippen LogP contribution in [0.1, 0.15) is 23.8 Å². The van der Waals surface area contributed by atoms with Crippen LogP contribution in [0, 0.1) is 0 Å². The Balaban J connectivity index is 2.86. The van der Waals surface area contributed by atoms with E-state index in [1.807, 2.05) is 0 Å². The van der Waals surface area contributed by atoms with Crippen molar-refractivity contribution in [2.24, 2.45) is 0 Å². The summed E-state index contributed by atoms with van der Waals surface area (Å²) in [6, 6.07) is 1.17. The highest BCUT2D eigenvalue weighted by Gasteiger charge is 2.20. The summed E-state index contributed by atoms with van der Waals surface area (Å²) in [5, 5.41) is 11.9. The van der Waals surface area contributed by atoms with Crippen molar-refractivity contribution in [3.05, 3.63) is 18.0 Å². The second-order valence-electron chi connectivity index (χ2n) is 4.01. The van der Waals surface area contributed by atoms with Crippen molar-refractivity contribution in [3.8, 4) is 0 Å². The molecule has 0 bridgehead atoms. The largest absolute Gasteiger partial charge is 0.477 e.